The number of carbonyl (C=O) groups excluding carboxylic acids is 1. The van der Waals surface area contributed by atoms with Crippen molar-refractivity contribution in [1.29, 1.82) is 0 Å². The minimum Gasteiger partial charge on any atom is -0.333 e. The Labute approximate surface area is 132 Å². The van der Waals surface area contributed by atoms with Crippen LogP contribution < -0.4 is 5.32 Å². The van der Waals surface area contributed by atoms with Crippen molar-refractivity contribution in [2.24, 2.45) is 0 Å². The third-order valence-corrected chi connectivity index (χ3v) is 3.94. The molecule has 0 atom stereocenters. The van der Waals surface area contributed by atoms with Crippen LogP contribution >= 0.6 is 27.3 Å². The highest BCUT2D eigenvalue weighted by molar-refractivity contribution is 9.10. The summed E-state index contributed by atoms with van der Waals surface area (Å²) in [7, 11) is 0. The summed E-state index contributed by atoms with van der Waals surface area (Å²) < 4.78 is 5.88. The highest BCUT2D eigenvalue weighted by Crippen LogP contribution is 2.32. The van der Waals surface area contributed by atoms with Crippen LogP contribution in [-0.2, 0) is 0 Å². The van der Waals surface area contributed by atoms with E-state index in [9.17, 15) is 4.79 Å². The van der Waals surface area contributed by atoms with E-state index in [4.69, 9.17) is 4.52 Å². The van der Waals surface area contributed by atoms with E-state index in [-0.39, 0.29) is 5.91 Å². The van der Waals surface area contributed by atoms with Crippen LogP contribution in [0.15, 0.2) is 38.9 Å². The second kappa shape index (κ2) is 5.74. The Bertz CT molecular complexity index is 799. The van der Waals surface area contributed by atoms with Crippen molar-refractivity contribution in [3.8, 4) is 10.8 Å². The lowest BCUT2D eigenvalue weighted by Gasteiger charge is -2.04. The van der Waals surface area contributed by atoms with Crippen molar-refractivity contribution in [3.63, 3.8) is 0 Å². The molecule has 0 aliphatic carbocycles. The van der Waals surface area contributed by atoms with Crippen LogP contribution in [0.2, 0.25) is 0 Å². The number of amides is 1. The number of hydrogen-bond donors (Lipinski definition) is 1. The normalized spacial score (nSPS) is 10.6. The first kappa shape index (κ1) is 13.9. The highest BCUT2D eigenvalue weighted by Gasteiger charge is 2.16. The maximum Gasteiger partial charge on any atom is 0.270 e. The molecule has 3 heterocycles. The zero-order valence-electron chi connectivity index (χ0n) is 10.8. The number of carbonyl (C=O) groups is 1. The molecule has 1 amide bonds. The summed E-state index contributed by atoms with van der Waals surface area (Å²) in [4.78, 5) is 21.1. The van der Waals surface area contributed by atoms with E-state index in [1.54, 1.807) is 25.3 Å². The molecule has 21 heavy (non-hydrogen) atoms. The third kappa shape index (κ3) is 3.01. The second-order valence-electron chi connectivity index (χ2n) is 4.16. The minimum absolute atomic E-state index is 0.250. The molecule has 0 spiro atoms. The molecule has 0 aromatic carbocycles. The molecule has 6 nitrogen and oxygen atoms in total. The first-order valence-electron chi connectivity index (χ1n) is 5.93. The van der Waals surface area contributed by atoms with Gasteiger partial charge in [-0.25, -0.2) is 0 Å². The third-order valence-electron chi connectivity index (χ3n) is 2.60. The Kier molecular flexibility index (Phi) is 3.80. The van der Waals surface area contributed by atoms with Crippen molar-refractivity contribution in [1.82, 2.24) is 15.1 Å². The van der Waals surface area contributed by atoms with E-state index in [1.165, 1.54) is 17.5 Å². The van der Waals surface area contributed by atoms with Crippen LogP contribution in [0.1, 0.15) is 16.2 Å². The number of anilines is 1. The molecule has 3 aromatic rings. The van der Waals surface area contributed by atoms with Gasteiger partial charge in [0.2, 0.25) is 0 Å². The molecule has 0 fully saturated rings. The van der Waals surface area contributed by atoms with E-state index < -0.39 is 0 Å². The van der Waals surface area contributed by atoms with E-state index in [2.05, 4.69) is 36.4 Å². The Balaban J connectivity index is 1.86. The van der Waals surface area contributed by atoms with Gasteiger partial charge >= 0.3 is 0 Å². The standard InChI is InChI=1S/C13H9BrN4O2S/c1-7-16-13(20-18-7)11-10(2-3-21-11)17-12(19)8-4-9(14)6-15-5-8/h2-6H,1H3,(H,17,19). The topological polar surface area (TPSA) is 80.9 Å². The number of pyridine rings is 1. The highest BCUT2D eigenvalue weighted by atomic mass is 79.9. The first-order valence-corrected chi connectivity index (χ1v) is 7.61. The fourth-order valence-electron chi connectivity index (χ4n) is 1.69. The first-order chi connectivity index (χ1) is 10.1. The fourth-order valence-corrected chi connectivity index (χ4v) is 2.83. The maximum absolute atomic E-state index is 12.2. The van der Waals surface area contributed by atoms with E-state index in [0.717, 1.165) is 9.35 Å². The van der Waals surface area contributed by atoms with Crippen molar-refractivity contribution < 1.29 is 9.32 Å². The van der Waals surface area contributed by atoms with Crippen LogP contribution in [0, 0.1) is 6.92 Å². The molecular weight excluding hydrogens is 356 g/mol. The summed E-state index contributed by atoms with van der Waals surface area (Å²) >= 11 is 4.71. The molecular formula is C13H9BrN4O2S. The predicted molar refractivity (Wildman–Crippen MR) is 82.2 cm³/mol. The maximum atomic E-state index is 12.2. The lowest BCUT2D eigenvalue weighted by atomic mass is 10.2. The average Bonchev–Trinajstić information content (AvgIpc) is 3.07. The molecule has 106 valence electrons. The Morgan fingerprint density at radius 1 is 1.43 bits per heavy atom. The monoisotopic (exact) mass is 364 g/mol. The van der Waals surface area contributed by atoms with Crippen LogP contribution in [0.5, 0.6) is 0 Å². The van der Waals surface area contributed by atoms with Gasteiger partial charge in [-0.1, -0.05) is 5.16 Å². The van der Waals surface area contributed by atoms with Crippen LogP contribution in [0.4, 0.5) is 5.69 Å². The number of hydrogen-bond acceptors (Lipinski definition) is 6. The predicted octanol–water partition coefficient (Wildman–Crippen LogP) is 3.52. The minimum atomic E-state index is -0.250. The zero-order valence-corrected chi connectivity index (χ0v) is 13.2. The molecule has 3 rings (SSSR count). The number of nitrogens with zero attached hydrogens (tertiary/aromatic N) is 3. The van der Waals surface area contributed by atoms with Gasteiger partial charge in [-0.15, -0.1) is 11.3 Å². The Hall–Kier alpha value is -2.06. The second-order valence-corrected chi connectivity index (χ2v) is 5.99. The summed E-state index contributed by atoms with van der Waals surface area (Å²) in [6.45, 7) is 1.74. The molecule has 0 aliphatic rings. The molecule has 0 saturated heterocycles. The van der Waals surface area contributed by atoms with Gasteiger partial charge in [0, 0.05) is 16.9 Å². The number of nitrogens with one attached hydrogen (secondary N) is 1. The van der Waals surface area contributed by atoms with Crippen LogP contribution in [0.3, 0.4) is 0 Å². The molecule has 0 unspecified atom stereocenters. The number of aryl methyl sites for hydroxylation is 1. The smallest absolute Gasteiger partial charge is 0.270 e. The number of aromatic nitrogens is 3. The van der Waals surface area contributed by atoms with Crippen molar-refractivity contribution >= 4 is 38.9 Å². The van der Waals surface area contributed by atoms with Gasteiger partial charge in [-0.05, 0) is 40.4 Å². The van der Waals surface area contributed by atoms with Gasteiger partial charge in [0.15, 0.2) is 5.82 Å². The SMILES string of the molecule is Cc1noc(-c2sccc2NC(=O)c2cncc(Br)c2)n1. The van der Waals surface area contributed by atoms with E-state index in [0.29, 0.717) is 23.0 Å². The van der Waals surface area contributed by atoms with E-state index >= 15 is 0 Å². The number of rotatable bonds is 3. The van der Waals surface area contributed by atoms with Gasteiger partial charge in [-0.2, -0.15) is 4.98 Å². The zero-order chi connectivity index (χ0) is 14.8. The van der Waals surface area contributed by atoms with Gasteiger partial charge in [0.1, 0.15) is 4.88 Å². The Morgan fingerprint density at radius 3 is 3.00 bits per heavy atom. The molecule has 0 radical (unpaired) electrons. The van der Waals surface area contributed by atoms with Gasteiger partial charge in [-0.3, -0.25) is 9.78 Å². The number of halogens is 1. The molecule has 1 N–H and O–H groups in total. The molecule has 0 saturated carbocycles. The summed E-state index contributed by atoms with van der Waals surface area (Å²) in [5.74, 6) is 0.691. The summed E-state index contributed by atoms with van der Waals surface area (Å²) in [6, 6.07) is 3.49. The van der Waals surface area contributed by atoms with Gasteiger partial charge in [0.05, 0.1) is 11.3 Å². The van der Waals surface area contributed by atoms with Crippen molar-refractivity contribution in [2.75, 3.05) is 5.32 Å². The fraction of sp³-hybridized carbons (Fsp3) is 0.0769. The van der Waals surface area contributed by atoms with Crippen molar-refractivity contribution in [2.45, 2.75) is 6.92 Å². The quantitative estimate of drug-likeness (QED) is 0.768. The van der Waals surface area contributed by atoms with Crippen LogP contribution in [-0.4, -0.2) is 21.0 Å². The van der Waals surface area contributed by atoms with Crippen LogP contribution in [0.25, 0.3) is 10.8 Å². The lowest BCUT2D eigenvalue weighted by molar-refractivity contribution is 0.102. The number of thiophene rings is 1. The largest absolute Gasteiger partial charge is 0.333 e. The summed E-state index contributed by atoms with van der Waals surface area (Å²) in [5.41, 5.74) is 1.09. The molecule has 8 heteroatoms. The van der Waals surface area contributed by atoms with E-state index in [1.807, 2.05) is 5.38 Å². The van der Waals surface area contributed by atoms with Gasteiger partial charge < -0.3 is 9.84 Å². The Morgan fingerprint density at radius 2 is 2.29 bits per heavy atom. The molecule has 3 aromatic heterocycles. The molecule has 0 aliphatic heterocycles. The van der Waals surface area contributed by atoms with Crippen molar-refractivity contribution in [3.05, 3.63) is 45.8 Å². The summed E-state index contributed by atoms with van der Waals surface area (Å²) in [5, 5.41) is 8.43. The average molecular weight is 365 g/mol. The lowest BCUT2D eigenvalue weighted by Crippen LogP contribution is -2.12. The van der Waals surface area contributed by atoms with Gasteiger partial charge in [0.25, 0.3) is 11.8 Å². The summed E-state index contributed by atoms with van der Waals surface area (Å²) in [6.07, 6.45) is 3.12. The molecule has 0 bridgehead atoms.